The van der Waals surface area contributed by atoms with Crippen LogP contribution in [0.2, 0.25) is 0 Å². The summed E-state index contributed by atoms with van der Waals surface area (Å²) in [7, 11) is 6.80. The quantitative estimate of drug-likeness (QED) is 0.841. The largest absolute Gasteiger partial charge is 0.312 e. The second-order valence-corrected chi connectivity index (χ2v) is 8.13. The van der Waals surface area contributed by atoms with Gasteiger partial charge in [-0.15, -0.1) is 0 Å². The van der Waals surface area contributed by atoms with Crippen molar-refractivity contribution in [2.24, 2.45) is 11.8 Å². The highest BCUT2D eigenvalue weighted by Crippen LogP contribution is 2.35. The Balaban J connectivity index is 1.86. The molecule has 3 atom stereocenters. The van der Waals surface area contributed by atoms with E-state index in [2.05, 4.69) is 50.1 Å². The standard InChI is InChI=1S/C18H37N3/c1-15-7-6-10-18(13-15,20(3)4)14-19-16(2)17-8-11-21(5)12-9-17/h15-17,19H,6-14H2,1-5H3. The van der Waals surface area contributed by atoms with Crippen LogP contribution in [-0.2, 0) is 0 Å². The second kappa shape index (κ2) is 7.43. The van der Waals surface area contributed by atoms with Crippen LogP contribution in [-0.4, -0.2) is 62.2 Å². The van der Waals surface area contributed by atoms with Gasteiger partial charge >= 0.3 is 0 Å². The van der Waals surface area contributed by atoms with Crippen molar-refractivity contribution in [3.05, 3.63) is 0 Å². The first-order valence-corrected chi connectivity index (χ1v) is 9.02. The van der Waals surface area contributed by atoms with Gasteiger partial charge in [-0.2, -0.15) is 0 Å². The van der Waals surface area contributed by atoms with Crippen molar-refractivity contribution in [1.82, 2.24) is 15.1 Å². The minimum Gasteiger partial charge on any atom is -0.312 e. The molecule has 0 radical (unpaired) electrons. The van der Waals surface area contributed by atoms with Gasteiger partial charge in [-0.05, 0) is 78.7 Å². The predicted molar refractivity (Wildman–Crippen MR) is 91.7 cm³/mol. The lowest BCUT2D eigenvalue weighted by Crippen LogP contribution is -2.56. The molecule has 2 rings (SSSR count). The maximum Gasteiger partial charge on any atom is 0.0330 e. The van der Waals surface area contributed by atoms with E-state index in [1.54, 1.807) is 0 Å². The average molecular weight is 296 g/mol. The van der Waals surface area contributed by atoms with Gasteiger partial charge in [0.15, 0.2) is 0 Å². The maximum absolute atomic E-state index is 3.92. The van der Waals surface area contributed by atoms with E-state index in [9.17, 15) is 0 Å². The van der Waals surface area contributed by atoms with E-state index in [0.29, 0.717) is 11.6 Å². The number of nitrogens with zero attached hydrogens (tertiary/aromatic N) is 2. The molecule has 2 fully saturated rings. The molecule has 124 valence electrons. The molecule has 0 amide bonds. The number of rotatable bonds is 5. The summed E-state index contributed by atoms with van der Waals surface area (Å²) in [5.41, 5.74) is 0.386. The molecule has 1 heterocycles. The zero-order chi connectivity index (χ0) is 15.5. The molecule has 2 aliphatic rings. The zero-order valence-electron chi connectivity index (χ0n) is 15.0. The Kier molecular flexibility index (Phi) is 6.10. The highest BCUT2D eigenvalue weighted by molar-refractivity contribution is 4.95. The van der Waals surface area contributed by atoms with Crippen molar-refractivity contribution in [3.8, 4) is 0 Å². The first-order chi connectivity index (χ1) is 9.93. The fourth-order valence-corrected chi connectivity index (χ4v) is 4.40. The molecule has 1 saturated heterocycles. The van der Waals surface area contributed by atoms with Crippen LogP contribution in [0, 0.1) is 11.8 Å². The van der Waals surface area contributed by atoms with Crippen LogP contribution in [0.3, 0.4) is 0 Å². The normalized spacial score (nSPS) is 34.3. The summed E-state index contributed by atoms with van der Waals surface area (Å²) in [4.78, 5) is 4.96. The Morgan fingerprint density at radius 2 is 1.90 bits per heavy atom. The van der Waals surface area contributed by atoms with Crippen molar-refractivity contribution in [2.45, 2.75) is 64.0 Å². The van der Waals surface area contributed by atoms with Crippen molar-refractivity contribution in [3.63, 3.8) is 0 Å². The van der Waals surface area contributed by atoms with Gasteiger partial charge in [0.25, 0.3) is 0 Å². The third-order valence-electron chi connectivity index (χ3n) is 6.24. The Morgan fingerprint density at radius 1 is 1.24 bits per heavy atom. The highest BCUT2D eigenvalue weighted by atomic mass is 15.2. The third-order valence-corrected chi connectivity index (χ3v) is 6.24. The van der Waals surface area contributed by atoms with Crippen LogP contribution >= 0.6 is 0 Å². The lowest BCUT2D eigenvalue weighted by Gasteiger charge is -2.46. The van der Waals surface area contributed by atoms with E-state index in [4.69, 9.17) is 0 Å². The van der Waals surface area contributed by atoms with E-state index in [1.165, 1.54) is 51.6 Å². The number of hydrogen-bond acceptors (Lipinski definition) is 3. The van der Waals surface area contributed by atoms with Crippen molar-refractivity contribution in [2.75, 3.05) is 40.8 Å². The fourth-order valence-electron chi connectivity index (χ4n) is 4.40. The van der Waals surface area contributed by atoms with Crippen LogP contribution in [0.4, 0.5) is 0 Å². The molecule has 3 heteroatoms. The molecule has 1 aliphatic carbocycles. The molecule has 3 unspecified atom stereocenters. The lowest BCUT2D eigenvalue weighted by molar-refractivity contribution is 0.0680. The summed E-state index contributed by atoms with van der Waals surface area (Å²) in [5, 5.41) is 3.92. The predicted octanol–water partition coefficient (Wildman–Crippen LogP) is 2.82. The number of likely N-dealkylation sites (N-methyl/N-ethyl adjacent to an activating group) is 1. The Hall–Kier alpha value is -0.120. The second-order valence-electron chi connectivity index (χ2n) is 8.13. The maximum atomic E-state index is 3.92. The minimum atomic E-state index is 0.386. The van der Waals surface area contributed by atoms with Crippen LogP contribution in [0.25, 0.3) is 0 Å². The first-order valence-electron chi connectivity index (χ1n) is 9.02. The molecule has 0 spiro atoms. The Morgan fingerprint density at radius 3 is 2.48 bits per heavy atom. The van der Waals surface area contributed by atoms with Gasteiger partial charge in [-0.25, -0.2) is 0 Å². The van der Waals surface area contributed by atoms with E-state index in [1.807, 2.05) is 0 Å². The van der Waals surface area contributed by atoms with Crippen molar-refractivity contribution < 1.29 is 0 Å². The topological polar surface area (TPSA) is 18.5 Å². The third kappa shape index (κ3) is 4.43. The molecular formula is C18H37N3. The van der Waals surface area contributed by atoms with Crippen LogP contribution < -0.4 is 5.32 Å². The van der Waals surface area contributed by atoms with Gasteiger partial charge in [0.1, 0.15) is 0 Å². The lowest BCUT2D eigenvalue weighted by atomic mass is 9.75. The van der Waals surface area contributed by atoms with Gasteiger partial charge in [0.05, 0.1) is 0 Å². The number of likely N-dealkylation sites (tertiary alicyclic amines) is 1. The van der Waals surface area contributed by atoms with E-state index in [-0.39, 0.29) is 0 Å². The number of nitrogens with one attached hydrogen (secondary N) is 1. The zero-order valence-corrected chi connectivity index (χ0v) is 15.0. The monoisotopic (exact) mass is 295 g/mol. The summed E-state index contributed by atoms with van der Waals surface area (Å²) in [6.07, 6.45) is 8.24. The Labute approximate surface area is 132 Å². The summed E-state index contributed by atoms with van der Waals surface area (Å²) in [6, 6.07) is 0.660. The molecule has 0 aromatic carbocycles. The smallest absolute Gasteiger partial charge is 0.0330 e. The molecule has 1 aliphatic heterocycles. The SMILES string of the molecule is CC1CCCC(CNC(C)C2CCN(C)CC2)(N(C)C)C1. The van der Waals surface area contributed by atoms with Crippen LogP contribution in [0.5, 0.6) is 0 Å². The summed E-state index contributed by atoms with van der Waals surface area (Å²) in [5.74, 6) is 1.74. The van der Waals surface area contributed by atoms with Crippen molar-refractivity contribution in [1.29, 1.82) is 0 Å². The highest BCUT2D eigenvalue weighted by Gasteiger charge is 2.37. The average Bonchev–Trinajstić information content (AvgIpc) is 2.45. The summed E-state index contributed by atoms with van der Waals surface area (Å²) in [6.45, 7) is 8.54. The molecule has 1 N–H and O–H groups in total. The van der Waals surface area contributed by atoms with Gasteiger partial charge in [-0.3, -0.25) is 0 Å². The summed E-state index contributed by atoms with van der Waals surface area (Å²) < 4.78 is 0. The fraction of sp³-hybridized carbons (Fsp3) is 1.00. The van der Waals surface area contributed by atoms with Crippen LogP contribution in [0.15, 0.2) is 0 Å². The van der Waals surface area contributed by atoms with Gasteiger partial charge in [0.2, 0.25) is 0 Å². The number of piperidine rings is 1. The van der Waals surface area contributed by atoms with Gasteiger partial charge in [0, 0.05) is 18.1 Å². The Bertz CT molecular complexity index is 310. The van der Waals surface area contributed by atoms with Crippen molar-refractivity contribution >= 4 is 0 Å². The first kappa shape index (κ1) is 17.2. The number of hydrogen-bond donors (Lipinski definition) is 1. The van der Waals surface area contributed by atoms with Gasteiger partial charge in [-0.1, -0.05) is 19.8 Å². The van der Waals surface area contributed by atoms with E-state index >= 15 is 0 Å². The van der Waals surface area contributed by atoms with Crippen LogP contribution in [0.1, 0.15) is 52.4 Å². The molecular weight excluding hydrogens is 258 g/mol. The molecule has 0 bridgehead atoms. The summed E-state index contributed by atoms with van der Waals surface area (Å²) >= 11 is 0. The molecule has 3 nitrogen and oxygen atoms in total. The molecule has 0 aromatic heterocycles. The molecule has 21 heavy (non-hydrogen) atoms. The van der Waals surface area contributed by atoms with E-state index in [0.717, 1.165) is 18.4 Å². The molecule has 0 aromatic rings. The molecule has 1 saturated carbocycles. The minimum absolute atomic E-state index is 0.386. The van der Waals surface area contributed by atoms with E-state index < -0.39 is 0 Å². The van der Waals surface area contributed by atoms with Gasteiger partial charge < -0.3 is 15.1 Å².